The smallest absolute Gasteiger partial charge is 0.225 e. The number of likely N-dealkylation sites (tertiary alicyclic amines) is 1. The number of nitrogens with zero attached hydrogens (tertiary/aromatic N) is 4. The maximum Gasteiger partial charge on any atom is 0.225 e. The number of carbonyl (C=O) groups is 1. The van der Waals surface area contributed by atoms with E-state index in [1.54, 1.807) is 23.3 Å². The van der Waals surface area contributed by atoms with Crippen LogP contribution >= 0.6 is 11.6 Å². The van der Waals surface area contributed by atoms with Gasteiger partial charge in [0.25, 0.3) is 0 Å². The van der Waals surface area contributed by atoms with Crippen molar-refractivity contribution in [3.8, 4) is 0 Å². The van der Waals surface area contributed by atoms with Gasteiger partial charge in [-0.1, -0.05) is 25.4 Å². The van der Waals surface area contributed by atoms with Crippen LogP contribution in [0.2, 0.25) is 5.15 Å². The third-order valence-electron chi connectivity index (χ3n) is 4.60. The normalized spacial score (nSPS) is 15.8. The SMILES string of the molecule is CC(C)C(=O)N1CCC(N(N)c2c(N)cnc3ccc(Cl)nc23)CC1. The molecule has 1 saturated heterocycles. The summed E-state index contributed by atoms with van der Waals surface area (Å²) >= 11 is 6.03. The van der Waals surface area contributed by atoms with Crippen molar-refractivity contribution < 1.29 is 4.79 Å². The molecule has 1 aliphatic rings. The fraction of sp³-hybridized carbons (Fsp3) is 0.471. The lowest BCUT2D eigenvalue weighted by molar-refractivity contribution is -0.135. The zero-order chi connectivity index (χ0) is 18.1. The van der Waals surface area contributed by atoms with Crippen molar-refractivity contribution in [3.63, 3.8) is 0 Å². The highest BCUT2D eigenvalue weighted by Gasteiger charge is 2.28. The van der Waals surface area contributed by atoms with Crippen molar-refractivity contribution in [2.24, 2.45) is 11.8 Å². The van der Waals surface area contributed by atoms with Gasteiger partial charge in [0.1, 0.15) is 16.4 Å². The molecule has 0 unspecified atom stereocenters. The molecule has 8 heteroatoms. The minimum absolute atomic E-state index is 0.0108. The summed E-state index contributed by atoms with van der Waals surface area (Å²) in [5.74, 6) is 6.60. The van der Waals surface area contributed by atoms with Gasteiger partial charge in [-0.2, -0.15) is 0 Å². The van der Waals surface area contributed by atoms with E-state index in [9.17, 15) is 4.79 Å². The first kappa shape index (κ1) is 17.7. The van der Waals surface area contributed by atoms with Crippen LogP contribution in [0, 0.1) is 5.92 Å². The quantitative estimate of drug-likeness (QED) is 0.493. The molecule has 0 spiro atoms. The minimum atomic E-state index is 0.0108. The molecule has 2 aromatic rings. The first-order chi connectivity index (χ1) is 11.9. The number of anilines is 2. The highest BCUT2D eigenvalue weighted by atomic mass is 35.5. The number of hydrazine groups is 1. The minimum Gasteiger partial charge on any atom is -0.396 e. The summed E-state index contributed by atoms with van der Waals surface area (Å²) in [6.45, 7) is 5.21. The van der Waals surface area contributed by atoms with Crippen LogP contribution in [-0.4, -0.2) is 39.9 Å². The fourth-order valence-corrected chi connectivity index (χ4v) is 3.37. The van der Waals surface area contributed by atoms with E-state index in [2.05, 4.69) is 9.97 Å². The Kier molecular flexibility index (Phi) is 4.96. The lowest BCUT2D eigenvalue weighted by Crippen LogP contribution is -2.50. The van der Waals surface area contributed by atoms with Crippen molar-refractivity contribution in [1.29, 1.82) is 0 Å². The number of pyridine rings is 2. The van der Waals surface area contributed by atoms with Gasteiger partial charge in [-0.3, -0.25) is 9.78 Å². The van der Waals surface area contributed by atoms with Crippen LogP contribution in [0.5, 0.6) is 0 Å². The molecule has 134 valence electrons. The molecule has 0 radical (unpaired) electrons. The number of hydrogen-bond donors (Lipinski definition) is 2. The Morgan fingerprint density at radius 3 is 2.68 bits per heavy atom. The topological polar surface area (TPSA) is 101 Å². The molecule has 4 N–H and O–H groups in total. The lowest BCUT2D eigenvalue weighted by Gasteiger charge is -2.38. The monoisotopic (exact) mass is 362 g/mol. The first-order valence-corrected chi connectivity index (χ1v) is 8.79. The standard InChI is InChI=1S/C17H23ClN6O/c1-10(2)17(25)23-7-5-11(6-8-23)24(20)16-12(19)9-21-13-3-4-14(18)22-15(13)16/h3-4,9-11H,5-8,19-20H2,1-2H3. The molecule has 3 rings (SSSR count). The summed E-state index contributed by atoms with van der Waals surface area (Å²) in [4.78, 5) is 22.7. The van der Waals surface area contributed by atoms with Crippen molar-refractivity contribution in [2.45, 2.75) is 32.7 Å². The van der Waals surface area contributed by atoms with Crippen LogP contribution in [0.25, 0.3) is 11.0 Å². The molecule has 7 nitrogen and oxygen atoms in total. The number of aromatic nitrogens is 2. The van der Waals surface area contributed by atoms with Crippen molar-refractivity contribution in [3.05, 3.63) is 23.5 Å². The van der Waals surface area contributed by atoms with Crippen LogP contribution in [0.15, 0.2) is 18.3 Å². The Balaban J connectivity index is 1.84. The maximum atomic E-state index is 12.1. The van der Waals surface area contributed by atoms with E-state index in [-0.39, 0.29) is 17.9 Å². The summed E-state index contributed by atoms with van der Waals surface area (Å²) in [6.07, 6.45) is 3.14. The average Bonchev–Trinajstić information content (AvgIpc) is 2.60. The summed E-state index contributed by atoms with van der Waals surface area (Å²) in [6, 6.07) is 3.56. The molecule has 0 atom stereocenters. The second-order valence-electron chi connectivity index (χ2n) is 6.68. The molecule has 0 bridgehead atoms. The van der Waals surface area contributed by atoms with E-state index < -0.39 is 0 Å². The van der Waals surface area contributed by atoms with E-state index in [0.29, 0.717) is 40.7 Å². The Morgan fingerprint density at radius 1 is 1.36 bits per heavy atom. The second-order valence-corrected chi connectivity index (χ2v) is 7.07. The Hall–Kier alpha value is -2.12. The molecule has 1 fully saturated rings. The zero-order valence-electron chi connectivity index (χ0n) is 14.4. The third-order valence-corrected chi connectivity index (χ3v) is 4.81. The van der Waals surface area contributed by atoms with Crippen LogP contribution in [0.4, 0.5) is 11.4 Å². The van der Waals surface area contributed by atoms with Gasteiger partial charge < -0.3 is 15.6 Å². The summed E-state index contributed by atoms with van der Waals surface area (Å²) in [5, 5.41) is 2.03. The van der Waals surface area contributed by atoms with Gasteiger partial charge in [0.05, 0.1) is 17.4 Å². The molecule has 25 heavy (non-hydrogen) atoms. The number of halogens is 1. The van der Waals surface area contributed by atoms with Crippen LogP contribution in [-0.2, 0) is 4.79 Å². The van der Waals surface area contributed by atoms with E-state index in [0.717, 1.165) is 12.8 Å². The van der Waals surface area contributed by atoms with Gasteiger partial charge in [0, 0.05) is 25.0 Å². The van der Waals surface area contributed by atoms with Crippen molar-refractivity contribution in [1.82, 2.24) is 14.9 Å². The lowest BCUT2D eigenvalue weighted by atomic mass is 10.0. The van der Waals surface area contributed by atoms with Crippen molar-refractivity contribution >= 4 is 39.9 Å². The number of nitrogen functional groups attached to an aromatic ring is 1. The Labute approximate surface area is 151 Å². The molecule has 0 aromatic carbocycles. The molecule has 2 aromatic heterocycles. The van der Waals surface area contributed by atoms with Gasteiger partial charge in [-0.25, -0.2) is 10.8 Å². The third kappa shape index (κ3) is 3.48. The second kappa shape index (κ2) is 7.01. The number of amides is 1. The molecular formula is C17H23ClN6O. The molecule has 1 amide bonds. The van der Waals surface area contributed by atoms with E-state index in [4.69, 9.17) is 23.2 Å². The van der Waals surface area contributed by atoms with Gasteiger partial charge in [-0.05, 0) is 25.0 Å². The molecule has 0 aliphatic carbocycles. The van der Waals surface area contributed by atoms with Crippen LogP contribution < -0.4 is 16.6 Å². The van der Waals surface area contributed by atoms with Gasteiger partial charge in [0.2, 0.25) is 5.91 Å². The van der Waals surface area contributed by atoms with Crippen LogP contribution in [0.1, 0.15) is 26.7 Å². The predicted molar refractivity (Wildman–Crippen MR) is 100 cm³/mol. The van der Waals surface area contributed by atoms with E-state index in [1.165, 1.54) is 0 Å². The van der Waals surface area contributed by atoms with Crippen molar-refractivity contribution in [2.75, 3.05) is 23.8 Å². The van der Waals surface area contributed by atoms with Gasteiger partial charge >= 0.3 is 0 Å². The summed E-state index contributed by atoms with van der Waals surface area (Å²) in [5.41, 5.74) is 8.52. The summed E-state index contributed by atoms with van der Waals surface area (Å²) < 4.78 is 0. The zero-order valence-corrected chi connectivity index (χ0v) is 15.2. The van der Waals surface area contributed by atoms with Gasteiger partial charge in [0.15, 0.2) is 0 Å². The number of hydrogen-bond acceptors (Lipinski definition) is 6. The molecule has 1 aliphatic heterocycles. The number of fused-ring (bicyclic) bond motifs is 1. The Morgan fingerprint density at radius 2 is 2.04 bits per heavy atom. The number of rotatable bonds is 3. The van der Waals surface area contributed by atoms with Crippen LogP contribution in [0.3, 0.4) is 0 Å². The average molecular weight is 363 g/mol. The molecular weight excluding hydrogens is 340 g/mol. The van der Waals surface area contributed by atoms with E-state index >= 15 is 0 Å². The predicted octanol–water partition coefficient (Wildman–Crippen LogP) is 2.19. The van der Waals surface area contributed by atoms with E-state index in [1.807, 2.05) is 18.7 Å². The molecule has 3 heterocycles. The number of piperidine rings is 1. The largest absolute Gasteiger partial charge is 0.396 e. The maximum absolute atomic E-state index is 12.1. The number of carbonyl (C=O) groups excluding carboxylic acids is 1. The number of nitrogens with two attached hydrogens (primary N) is 2. The fourth-order valence-electron chi connectivity index (χ4n) is 3.23. The molecule has 0 saturated carbocycles. The first-order valence-electron chi connectivity index (χ1n) is 8.42. The summed E-state index contributed by atoms with van der Waals surface area (Å²) in [7, 11) is 0. The highest BCUT2D eigenvalue weighted by Crippen LogP contribution is 2.32. The highest BCUT2D eigenvalue weighted by molar-refractivity contribution is 6.29. The van der Waals surface area contributed by atoms with Gasteiger partial charge in [-0.15, -0.1) is 0 Å². The Bertz CT molecular complexity index is 783.